The van der Waals surface area contributed by atoms with Crippen LogP contribution in [0.4, 0.5) is 14.9 Å². The van der Waals surface area contributed by atoms with Gasteiger partial charge in [0.05, 0.1) is 16.3 Å². The van der Waals surface area contributed by atoms with Gasteiger partial charge in [0.15, 0.2) is 0 Å². The number of para-hydroxylation sites is 1. The summed E-state index contributed by atoms with van der Waals surface area (Å²) < 4.78 is 44.0. The van der Waals surface area contributed by atoms with Gasteiger partial charge in [-0.1, -0.05) is 18.2 Å². The third kappa shape index (κ3) is 4.28. The van der Waals surface area contributed by atoms with E-state index in [4.69, 9.17) is 4.74 Å². The molecule has 3 aromatic carbocycles. The van der Waals surface area contributed by atoms with Crippen molar-refractivity contribution < 1.29 is 22.3 Å². The fraction of sp³-hybridized carbons (Fsp3) is 0.136. The van der Waals surface area contributed by atoms with Crippen LogP contribution in [-0.2, 0) is 16.3 Å². The summed E-state index contributed by atoms with van der Waals surface area (Å²) in [6.07, 6.45) is 0.600. The molecule has 30 heavy (non-hydrogen) atoms. The van der Waals surface area contributed by atoms with Gasteiger partial charge in [0.1, 0.15) is 17.7 Å². The molecule has 0 saturated carbocycles. The Morgan fingerprint density at radius 3 is 2.27 bits per heavy atom. The number of urea groups is 1. The summed E-state index contributed by atoms with van der Waals surface area (Å²) in [6, 6.07) is 17.7. The molecule has 3 aromatic rings. The summed E-state index contributed by atoms with van der Waals surface area (Å²) in [4.78, 5) is 12.2. The van der Waals surface area contributed by atoms with Gasteiger partial charge in [-0.25, -0.2) is 17.6 Å². The van der Waals surface area contributed by atoms with Crippen molar-refractivity contribution in [3.8, 4) is 5.75 Å². The van der Waals surface area contributed by atoms with Crippen molar-refractivity contribution in [3.05, 3.63) is 84.2 Å². The highest BCUT2D eigenvalue weighted by molar-refractivity contribution is 7.91. The van der Waals surface area contributed by atoms with Crippen molar-refractivity contribution in [2.24, 2.45) is 0 Å². The summed E-state index contributed by atoms with van der Waals surface area (Å²) in [5, 5.41) is 5.42. The molecule has 0 radical (unpaired) electrons. The number of halogens is 1. The lowest BCUT2D eigenvalue weighted by Gasteiger charge is -2.13. The molecule has 1 aliphatic rings. The summed E-state index contributed by atoms with van der Waals surface area (Å²) in [5.74, 6) is 0.328. The lowest BCUT2D eigenvalue weighted by Crippen LogP contribution is -2.37. The van der Waals surface area contributed by atoms with Crippen molar-refractivity contribution in [3.63, 3.8) is 0 Å². The molecule has 0 fully saturated rings. The summed E-state index contributed by atoms with van der Waals surface area (Å²) >= 11 is 0. The summed E-state index contributed by atoms with van der Waals surface area (Å²) in [6.45, 7) is 0.345. The number of anilines is 1. The highest BCUT2D eigenvalue weighted by Gasteiger charge is 2.22. The van der Waals surface area contributed by atoms with Gasteiger partial charge in [0.25, 0.3) is 0 Å². The van der Waals surface area contributed by atoms with Crippen molar-refractivity contribution in [2.75, 3.05) is 11.9 Å². The first-order valence-electron chi connectivity index (χ1n) is 9.32. The van der Waals surface area contributed by atoms with Crippen LogP contribution in [0.25, 0.3) is 0 Å². The number of fused-ring (bicyclic) bond motifs is 1. The minimum atomic E-state index is -3.76. The molecule has 6 nitrogen and oxygen atoms in total. The van der Waals surface area contributed by atoms with Crippen molar-refractivity contribution >= 4 is 21.6 Å². The molecule has 0 bridgehead atoms. The molecule has 0 aromatic heterocycles. The molecule has 154 valence electrons. The van der Waals surface area contributed by atoms with E-state index in [1.165, 1.54) is 36.4 Å². The van der Waals surface area contributed by atoms with Crippen LogP contribution in [0.5, 0.6) is 5.75 Å². The van der Waals surface area contributed by atoms with E-state index in [-0.39, 0.29) is 15.9 Å². The summed E-state index contributed by atoms with van der Waals surface area (Å²) in [7, 11) is -3.76. The smallest absolute Gasteiger partial charge is 0.319 e. The normalized spacial score (nSPS) is 15.2. The maximum atomic E-state index is 13.0. The number of benzene rings is 3. The average molecular weight is 426 g/mol. The number of ether oxygens (including phenoxy) is 1. The SMILES string of the molecule is O=C(NC[C@H]1Cc2ccccc2O1)Nc1ccc(S(=O)(=O)c2ccc(F)cc2)cc1. The zero-order chi connectivity index (χ0) is 21.1. The molecule has 0 saturated heterocycles. The molecule has 0 unspecified atom stereocenters. The second-order valence-corrected chi connectivity index (χ2v) is 8.82. The van der Waals surface area contributed by atoms with Crippen LogP contribution in [0.1, 0.15) is 5.56 Å². The van der Waals surface area contributed by atoms with Crippen LogP contribution in [0.3, 0.4) is 0 Å². The first kappa shape index (κ1) is 19.9. The lowest BCUT2D eigenvalue weighted by molar-refractivity contribution is 0.219. The highest BCUT2D eigenvalue weighted by atomic mass is 32.2. The second-order valence-electron chi connectivity index (χ2n) is 6.87. The fourth-order valence-electron chi connectivity index (χ4n) is 3.22. The lowest BCUT2D eigenvalue weighted by atomic mass is 10.1. The van der Waals surface area contributed by atoms with E-state index < -0.39 is 21.7 Å². The first-order chi connectivity index (χ1) is 14.4. The zero-order valence-electron chi connectivity index (χ0n) is 15.8. The topological polar surface area (TPSA) is 84.5 Å². The molecule has 2 amide bonds. The van der Waals surface area contributed by atoms with Crippen LogP contribution < -0.4 is 15.4 Å². The van der Waals surface area contributed by atoms with E-state index in [1.807, 2.05) is 24.3 Å². The fourth-order valence-corrected chi connectivity index (χ4v) is 4.48. The van der Waals surface area contributed by atoms with Gasteiger partial charge in [-0.2, -0.15) is 0 Å². The molecule has 8 heteroatoms. The second kappa shape index (κ2) is 8.16. The van der Waals surface area contributed by atoms with Crippen LogP contribution in [-0.4, -0.2) is 27.1 Å². The third-order valence-corrected chi connectivity index (χ3v) is 6.54. The third-order valence-electron chi connectivity index (χ3n) is 4.75. The molecule has 0 aliphatic carbocycles. The Morgan fingerprint density at radius 1 is 0.967 bits per heavy atom. The minimum Gasteiger partial charge on any atom is -0.488 e. The molecule has 1 heterocycles. The number of hydrogen-bond donors (Lipinski definition) is 2. The number of sulfone groups is 1. The number of carbonyl (C=O) groups excluding carboxylic acids is 1. The number of rotatable bonds is 5. The van der Waals surface area contributed by atoms with Gasteiger partial charge < -0.3 is 15.4 Å². The Labute approximate surface area is 173 Å². The first-order valence-corrected chi connectivity index (χ1v) is 10.8. The molecule has 1 atom stereocenters. The average Bonchev–Trinajstić information content (AvgIpc) is 3.16. The van der Waals surface area contributed by atoms with E-state index in [2.05, 4.69) is 10.6 Å². The Morgan fingerprint density at radius 2 is 1.60 bits per heavy atom. The van der Waals surface area contributed by atoms with E-state index in [0.29, 0.717) is 12.2 Å². The Hall–Kier alpha value is -3.39. The zero-order valence-corrected chi connectivity index (χ0v) is 16.7. The van der Waals surface area contributed by atoms with Crippen LogP contribution >= 0.6 is 0 Å². The van der Waals surface area contributed by atoms with Gasteiger partial charge >= 0.3 is 6.03 Å². The molecule has 2 N–H and O–H groups in total. The maximum Gasteiger partial charge on any atom is 0.319 e. The van der Waals surface area contributed by atoms with Crippen molar-refractivity contribution in [2.45, 2.75) is 22.3 Å². The Bertz CT molecular complexity index is 1140. The van der Waals surface area contributed by atoms with Crippen LogP contribution in [0.15, 0.2) is 82.6 Å². The van der Waals surface area contributed by atoms with E-state index in [9.17, 15) is 17.6 Å². The van der Waals surface area contributed by atoms with E-state index in [0.717, 1.165) is 29.9 Å². The number of nitrogens with one attached hydrogen (secondary N) is 2. The monoisotopic (exact) mass is 426 g/mol. The van der Waals surface area contributed by atoms with Gasteiger partial charge in [-0.05, 0) is 60.2 Å². The van der Waals surface area contributed by atoms with Crippen LogP contribution in [0, 0.1) is 5.82 Å². The highest BCUT2D eigenvalue weighted by Crippen LogP contribution is 2.27. The minimum absolute atomic E-state index is 0.0000813. The number of carbonyl (C=O) groups is 1. The van der Waals surface area contributed by atoms with Gasteiger partial charge in [0, 0.05) is 12.1 Å². The molecule has 4 rings (SSSR count). The standard InChI is InChI=1S/C22H19FN2O4S/c23-16-5-9-19(10-6-16)30(27,28)20-11-7-17(8-12-20)25-22(26)24-14-18-13-15-3-1-2-4-21(15)29-18/h1-12,18H,13-14H2,(H2,24,25,26)/t18-/m1/s1. The van der Waals surface area contributed by atoms with Crippen molar-refractivity contribution in [1.82, 2.24) is 5.32 Å². The quantitative estimate of drug-likeness (QED) is 0.608. The van der Waals surface area contributed by atoms with Gasteiger partial charge in [0.2, 0.25) is 9.84 Å². The number of hydrogen-bond acceptors (Lipinski definition) is 4. The van der Waals surface area contributed by atoms with Crippen molar-refractivity contribution in [1.29, 1.82) is 0 Å². The number of amides is 2. The van der Waals surface area contributed by atoms with Gasteiger partial charge in [-0.3, -0.25) is 0 Å². The van der Waals surface area contributed by atoms with E-state index in [1.54, 1.807) is 0 Å². The maximum absolute atomic E-state index is 13.0. The molecular formula is C22H19FN2O4S. The van der Waals surface area contributed by atoms with Crippen LogP contribution in [0.2, 0.25) is 0 Å². The molecular weight excluding hydrogens is 407 g/mol. The molecule has 0 spiro atoms. The van der Waals surface area contributed by atoms with Gasteiger partial charge in [-0.15, -0.1) is 0 Å². The largest absolute Gasteiger partial charge is 0.488 e. The summed E-state index contributed by atoms with van der Waals surface area (Å²) in [5.41, 5.74) is 1.56. The molecule has 1 aliphatic heterocycles. The predicted molar refractivity (Wildman–Crippen MR) is 110 cm³/mol. The Balaban J connectivity index is 1.33. The Kier molecular flexibility index (Phi) is 5.41. The predicted octanol–water partition coefficient (Wildman–Crippen LogP) is 3.78. The van der Waals surface area contributed by atoms with E-state index >= 15 is 0 Å².